The predicted molar refractivity (Wildman–Crippen MR) is 273 cm³/mol. The molecule has 0 N–H and O–H groups in total. The van der Waals surface area contributed by atoms with E-state index in [2.05, 4.69) is 229 Å². The van der Waals surface area contributed by atoms with Crippen molar-refractivity contribution in [1.82, 2.24) is 0 Å². The molecule has 10 aromatic carbocycles. The lowest BCUT2D eigenvalue weighted by Gasteiger charge is -2.40. The minimum atomic E-state index is -0.592. The molecule has 2 aliphatic carbocycles. The first kappa shape index (κ1) is 36.7. The van der Waals surface area contributed by atoms with Crippen molar-refractivity contribution in [2.24, 2.45) is 0 Å². The summed E-state index contributed by atoms with van der Waals surface area (Å²) in [6, 6.07) is 83.9. The molecule has 0 fully saturated rings. The molecule has 15 rings (SSSR count). The van der Waals surface area contributed by atoms with Gasteiger partial charge in [-0.3, -0.25) is 0 Å². The molecule has 0 atom stereocenters. The number of fused-ring (bicyclic) bond motifs is 21. The van der Waals surface area contributed by atoms with Crippen LogP contribution in [0.25, 0.3) is 42.4 Å². The zero-order valence-corrected chi connectivity index (χ0v) is 37.2. The Morgan fingerprint density at radius 3 is 1.35 bits per heavy atom. The Bertz CT molecular complexity index is 3590. The molecule has 2 aliphatic heterocycles. The van der Waals surface area contributed by atoms with Crippen LogP contribution in [-0.2, 0) is 10.8 Å². The van der Waals surface area contributed by atoms with Gasteiger partial charge in [0, 0.05) is 58.2 Å². The lowest BCUT2D eigenvalue weighted by Crippen LogP contribution is -2.32. The Kier molecular flexibility index (Phi) is 7.48. The normalized spacial score (nSPS) is 14.7. The third-order valence-corrected chi connectivity index (χ3v) is 17.1. The van der Waals surface area contributed by atoms with E-state index in [0.29, 0.717) is 0 Å². The molecule has 2 nitrogen and oxygen atoms in total. The monoisotopic (exact) mass is 875 g/mol. The maximum absolute atomic E-state index is 6.74. The molecule has 4 aliphatic rings. The Morgan fingerprint density at radius 2 is 0.742 bits per heavy atom. The molecule has 0 bridgehead atoms. The van der Waals surface area contributed by atoms with Gasteiger partial charge in [-0.05, 0) is 122 Å². The molecule has 2 spiro atoms. The first-order valence-electron chi connectivity index (χ1n) is 22.7. The summed E-state index contributed by atoms with van der Waals surface area (Å²) in [4.78, 5) is 5.12. The van der Waals surface area contributed by atoms with Gasteiger partial charge in [-0.15, -0.1) is 11.3 Å². The summed E-state index contributed by atoms with van der Waals surface area (Å²) < 4.78 is 9.31. The molecule has 308 valence electrons. The van der Waals surface area contributed by atoms with E-state index in [1.807, 2.05) is 23.1 Å². The quantitative estimate of drug-likeness (QED) is 0.175. The number of benzene rings is 10. The molecule has 66 heavy (non-hydrogen) atoms. The van der Waals surface area contributed by atoms with Gasteiger partial charge >= 0.3 is 0 Å². The first-order valence-corrected chi connectivity index (χ1v) is 24.3. The van der Waals surface area contributed by atoms with Crippen LogP contribution in [-0.4, -0.2) is 0 Å². The van der Waals surface area contributed by atoms with Gasteiger partial charge in [0.05, 0.1) is 10.8 Å². The summed E-state index contributed by atoms with van der Waals surface area (Å²) in [5.74, 6) is 1.79. The Morgan fingerprint density at radius 1 is 0.318 bits per heavy atom. The summed E-state index contributed by atoms with van der Waals surface area (Å²) in [6.45, 7) is 0. The van der Waals surface area contributed by atoms with Gasteiger partial charge in [-0.25, -0.2) is 0 Å². The molecule has 0 saturated carbocycles. The maximum Gasteiger partial charge on any atom is 0.132 e. The van der Waals surface area contributed by atoms with Gasteiger partial charge in [0.25, 0.3) is 0 Å². The van der Waals surface area contributed by atoms with Crippen LogP contribution in [0.5, 0.6) is 11.5 Å². The van der Waals surface area contributed by atoms with Crippen LogP contribution in [0.4, 0.5) is 17.1 Å². The van der Waals surface area contributed by atoms with E-state index >= 15 is 0 Å². The van der Waals surface area contributed by atoms with Gasteiger partial charge in [0.15, 0.2) is 0 Å². The lowest BCUT2D eigenvalue weighted by atomic mass is 9.66. The second kappa shape index (κ2) is 13.5. The highest BCUT2D eigenvalue weighted by Crippen LogP contribution is 2.65. The summed E-state index contributed by atoms with van der Waals surface area (Å²) in [5, 5.41) is 2.59. The van der Waals surface area contributed by atoms with Crippen LogP contribution in [0.1, 0.15) is 44.5 Å². The molecule has 1 aromatic heterocycles. The molecule has 0 saturated heterocycles. The third-order valence-electron chi connectivity index (χ3n) is 14.8. The van der Waals surface area contributed by atoms with Gasteiger partial charge < -0.3 is 9.64 Å². The van der Waals surface area contributed by atoms with Crippen molar-refractivity contribution < 1.29 is 4.74 Å². The fourth-order valence-corrected chi connectivity index (χ4v) is 14.6. The van der Waals surface area contributed by atoms with E-state index in [4.69, 9.17) is 4.74 Å². The lowest BCUT2D eigenvalue weighted by molar-refractivity contribution is 0.436. The SMILES string of the molecule is c1ccc2c(c1)Oc1ccccc1C21c2ccccc2-c2ccc(N(c3ccc4c(c3)C3(c5ccccc5Sc5ccccc53)c3ccccc3-4)c3ccc4c(c3)sc3ccccc34)cc21. The maximum atomic E-state index is 6.74. The number of para-hydroxylation sites is 2. The van der Waals surface area contributed by atoms with Crippen molar-refractivity contribution in [3.63, 3.8) is 0 Å². The van der Waals surface area contributed by atoms with Gasteiger partial charge in [0.2, 0.25) is 0 Å². The number of ether oxygens (including phenoxy) is 1. The molecule has 0 unspecified atom stereocenters. The molecule has 0 radical (unpaired) electrons. The summed E-state index contributed by atoms with van der Waals surface area (Å²) in [5.41, 5.74) is 17.5. The van der Waals surface area contributed by atoms with Crippen molar-refractivity contribution in [3.8, 4) is 33.8 Å². The van der Waals surface area contributed by atoms with E-state index in [9.17, 15) is 0 Å². The van der Waals surface area contributed by atoms with Crippen LogP contribution < -0.4 is 9.64 Å². The van der Waals surface area contributed by atoms with Crippen molar-refractivity contribution in [1.29, 1.82) is 0 Å². The molecular formula is C62H37NOS2. The van der Waals surface area contributed by atoms with Crippen LogP contribution in [0.15, 0.2) is 234 Å². The van der Waals surface area contributed by atoms with E-state index < -0.39 is 10.8 Å². The number of thiophene rings is 1. The Labute approximate surface area is 391 Å². The highest BCUT2D eigenvalue weighted by Gasteiger charge is 2.52. The average molecular weight is 876 g/mol. The van der Waals surface area contributed by atoms with Crippen molar-refractivity contribution in [3.05, 3.63) is 269 Å². The fraction of sp³-hybridized carbons (Fsp3) is 0.0323. The van der Waals surface area contributed by atoms with Crippen molar-refractivity contribution >= 4 is 60.3 Å². The second-order valence-corrected chi connectivity index (χ2v) is 20.0. The summed E-state index contributed by atoms with van der Waals surface area (Å²) in [7, 11) is 0. The van der Waals surface area contributed by atoms with Gasteiger partial charge in [-0.2, -0.15) is 0 Å². The number of nitrogens with zero attached hydrogens (tertiary/aromatic N) is 1. The van der Waals surface area contributed by atoms with Gasteiger partial charge in [-0.1, -0.05) is 169 Å². The van der Waals surface area contributed by atoms with Crippen LogP contribution in [0.2, 0.25) is 0 Å². The first-order chi connectivity index (χ1) is 32.7. The van der Waals surface area contributed by atoms with E-state index in [-0.39, 0.29) is 0 Å². The number of hydrogen-bond acceptors (Lipinski definition) is 4. The number of rotatable bonds is 3. The van der Waals surface area contributed by atoms with Crippen molar-refractivity contribution in [2.75, 3.05) is 4.90 Å². The largest absolute Gasteiger partial charge is 0.457 e. The minimum absolute atomic E-state index is 0.499. The Balaban J connectivity index is 1.02. The van der Waals surface area contributed by atoms with Gasteiger partial charge in [0.1, 0.15) is 11.5 Å². The minimum Gasteiger partial charge on any atom is -0.457 e. The molecule has 0 amide bonds. The molecule has 4 heteroatoms. The molecule has 3 heterocycles. The highest BCUT2D eigenvalue weighted by molar-refractivity contribution is 7.99. The zero-order chi connectivity index (χ0) is 43.1. The van der Waals surface area contributed by atoms with Crippen LogP contribution >= 0.6 is 23.1 Å². The topological polar surface area (TPSA) is 12.5 Å². The average Bonchev–Trinajstić information content (AvgIpc) is 3.99. The number of anilines is 3. The van der Waals surface area contributed by atoms with Crippen LogP contribution in [0, 0.1) is 0 Å². The summed E-state index contributed by atoms with van der Waals surface area (Å²) >= 11 is 3.76. The van der Waals surface area contributed by atoms with E-state index in [1.165, 1.54) is 85.6 Å². The second-order valence-electron chi connectivity index (χ2n) is 17.9. The standard InChI is InChI=1S/C62H37NOS2/c1-4-18-47-41(15-1)43-32-29-38(35-53(43)61(47)49-20-6-10-24-55(49)64-56-25-11-7-21-50(56)61)63(40-31-34-46-45-17-3-12-26-57(45)65-60(46)37-40)39-30-33-44-42-16-2-5-19-48(42)62(54(44)36-39)51-22-8-13-27-58(51)66-59-28-14-9-23-52(59)62/h1-37H. The Hall–Kier alpha value is -7.63. The zero-order valence-electron chi connectivity index (χ0n) is 35.5. The van der Waals surface area contributed by atoms with E-state index in [0.717, 1.165) is 39.7 Å². The van der Waals surface area contributed by atoms with E-state index in [1.54, 1.807) is 0 Å². The number of hydrogen-bond donors (Lipinski definition) is 0. The van der Waals surface area contributed by atoms with Crippen molar-refractivity contribution in [2.45, 2.75) is 20.6 Å². The molecule has 11 aromatic rings. The van der Waals surface area contributed by atoms with Crippen LogP contribution in [0.3, 0.4) is 0 Å². The summed E-state index contributed by atoms with van der Waals surface area (Å²) in [6.07, 6.45) is 0. The molecular weight excluding hydrogens is 839 g/mol. The predicted octanol–water partition coefficient (Wildman–Crippen LogP) is 16.8. The fourth-order valence-electron chi connectivity index (χ4n) is 12.3. The smallest absolute Gasteiger partial charge is 0.132 e. The highest BCUT2D eigenvalue weighted by atomic mass is 32.2. The third kappa shape index (κ3) is 4.67.